The number of allylic oxidation sites excluding steroid dienone is 1. The normalized spacial score (nSPS) is 11.1. The maximum atomic E-state index is 12.6. The highest BCUT2D eigenvalue weighted by Crippen LogP contribution is 2.31. The number of carbonyl (C=O) groups excluding carboxylic acids is 1. The van der Waals surface area contributed by atoms with Gasteiger partial charge in [-0.3, -0.25) is 4.79 Å². The number of carbonyl (C=O) groups is 1. The van der Waals surface area contributed by atoms with Gasteiger partial charge >= 0.3 is 0 Å². The molecule has 0 aliphatic heterocycles. The highest BCUT2D eigenvalue weighted by Gasteiger charge is 2.10. The summed E-state index contributed by atoms with van der Waals surface area (Å²) >= 11 is 0. The highest BCUT2D eigenvalue weighted by atomic mass is 16.5. The van der Waals surface area contributed by atoms with E-state index >= 15 is 0 Å². The van der Waals surface area contributed by atoms with Crippen molar-refractivity contribution in [1.29, 1.82) is 0 Å². The lowest BCUT2D eigenvalue weighted by Crippen LogP contribution is -1.96. The topological polar surface area (TPSA) is 44.8 Å². The second-order valence-corrected chi connectivity index (χ2v) is 7.00. The van der Waals surface area contributed by atoms with Crippen LogP contribution in [-0.4, -0.2) is 27.1 Å². The van der Waals surface area contributed by atoms with Gasteiger partial charge in [-0.1, -0.05) is 54.1 Å². The summed E-state index contributed by atoms with van der Waals surface area (Å²) in [5, 5.41) is 0. The molecule has 0 fully saturated rings. The van der Waals surface area contributed by atoms with Crippen LogP contribution in [-0.2, 0) is 0 Å². The first-order valence-corrected chi connectivity index (χ1v) is 9.91. The Morgan fingerprint density at radius 3 is 2.03 bits per heavy atom. The van der Waals surface area contributed by atoms with Crippen molar-refractivity contribution < 1.29 is 19.0 Å². The van der Waals surface area contributed by atoms with Crippen molar-refractivity contribution in [3.8, 4) is 17.2 Å². The van der Waals surface area contributed by atoms with Crippen LogP contribution >= 0.6 is 0 Å². The third-order valence-corrected chi connectivity index (χ3v) is 4.91. The van der Waals surface area contributed by atoms with Crippen molar-refractivity contribution in [2.75, 3.05) is 21.3 Å². The number of hydrogen-bond donors (Lipinski definition) is 0. The zero-order valence-corrected chi connectivity index (χ0v) is 18.2. The number of rotatable bonds is 8. The minimum Gasteiger partial charge on any atom is -0.497 e. The molecular weight excluding hydrogens is 388 g/mol. The van der Waals surface area contributed by atoms with E-state index in [9.17, 15) is 4.79 Å². The predicted molar refractivity (Wildman–Crippen MR) is 126 cm³/mol. The number of methoxy groups -OCH3 is 3. The molecule has 4 nitrogen and oxygen atoms in total. The summed E-state index contributed by atoms with van der Waals surface area (Å²) in [4.78, 5) is 12.6. The van der Waals surface area contributed by atoms with Gasteiger partial charge in [0.05, 0.1) is 21.3 Å². The second kappa shape index (κ2) is 10.3. The molecule has 31 heavy (non-hydrogen) atoms. The molecule has 0 radical (unpaired) electrons. The Kier molecular flexibility index (Phi) is 7.28. The van der Waals surface area contributed by atoms with E-state index in [4.69, 9.17) is 14.2 Å². The Bertz CT molecular complexity index is 1090. The molecule has 0 N–H and O–H groups in total. The van der Waals surface area contributed by atoms with Crippen molar-refractivity contribution in [3.05, 3.63) is 94.6 Å². The molecule has 0 atom stereocenters. The Morgan fingerprint density at radius 1 is 0.742 bits per heavy atom. The van der Waals surface area contributed by atoms with Crippen LogP contribution in [0.25, 0.3) is 18.2 Å². The lowest BCUT2D eigenvalue weighted by Gasteiger charge is -2.11. The molecule has 3 aromatic carbocycles. The van der Waals surface area contributed by atoms with Crippen molar-refractivity contribution >= 4 is 24.0 Å². The fourth-order valence-corrected chi connectivity index (χ4v) is 3.10. The zero-order chi connectivity index (χ0) is 22.2. The first-order chi connectivity index (χ1) is 15.0. The van der Waals surface area contributed by atoms with E-state index in [2.05, 4.69) is 0 Å². The SMILES string of the molecule is COc1ccc(/C=C/c2cc(OC)cc(OC)c2/C=C/C(=O)c2ccc(C)cc2)cc1. The minimum atomic E-state index is -0.0667. The van der Waals surface area contributed by atoms with Crippen molar-refractivity contribution in [3.63, 3.8) is 0 Å². The summed E-state index contributed by atoms with van der Waals surface area (Å²) in [7, 11) is 4.86. The van der Waals surface area contributed by atoms with Crippen LogP contribution in [0.15, 0.2) is 66.7 Å². The predicted octanol–water partition coefficient (Wildman–Crippen LogP) is 6.09. The minimum absolute atomic E-state index is 0.0667. The van der Waals surface area contributed by atoms with Gasteiger partial charge in [0.1, 0.15) is 17.2 Å². The monoisotopic (exact) mass is 414 g/mol. The molecule has 4 heteroatoms. The lowest BCUT2D eigenvalue weighted by atomic mass is 10.0. The van der Waals surface area contributed by atoms with Crippen LogP contribution in [0.4, 0.5) is 0 Å². The lowest BCUT2D eigenvalue weighted by molar-refractivity contribution is 0.104. The van der Waals surface area contributed by atoms with Gasteiger partial charge in [0.15, 0.2) is 5.78 Å². The first-order valence-electron chi connectivity index (χ1n) is 9.91. The van der Waals surface area contributed by atoms with Gasteiger partial charge in [0, 0.05) is 17.2 Å². The molecule has 0 amide bonds. The summed E-state index contributed by atoms with van der Waals surface area (Å²) in [6.45, 7) is 1.99. The number of ketones is 1. The summed E-state index contributed by atoms with van der Waals surface area (Å²) in [5.41, 5.74) is 4.45. The van der Waals surface area contributed by atoms with Crippen molar-refractivity contribution in [2.24, 2.45) is 0 Å². The molecule has 0 aromatic heterocycles. The zero-order valence-electron chi connectivity index (χ0n) is 18.2. The molecule has 3 aromatic rings. The summed E-state index contributed by atoms with van der Waals surface area (Å²) in [5.74, 6) is 2.04. The van der Waals surface area contributed by atoms with Crippen LogP contribution in [0.3, 0.4) is 0 Å². The van der Waals surface area contributed by atoms with Gasteiger partial charge in [-0.15, -0.1) is 0 Å². The van der Waals surface area contributed by atoms with Crippen LogP contribution in [0, 0.1) is 6.92 Å². The van der Waals surface area contributed by atoms with Gasteiger partial charge in [0.2, 0.25) is 0 Å². The quantitative estimate of drug-likeness (QED) is 0.254. The Hall–Kier alpha value is -3.79. The molecule has 0 saturated carbocycles. The Labute approximate surface area is 183 Å². The van der Waals surface area contributed by atoms with Crippen LogP contribution < -0.4 is 14.2 Å². The average Bonchev–Trinajstić information content (AvgIpc) is 2.81. The van der Waals surface area contributed by atoms with E-state index in [1.54, 1.807) is 39.5 Å². The number of benzene rings is 3. The molecule has 0 unspecified atom stereocenters. The van der Waals surface area contributed by atoms with E-state index in [0.29, 0.717) is 17.1 Å². The van der Waals surface area contributed by atoms with Crippen molar-refractivity contribution in [1.82, 2.24) is 0 Å². The molecule has 0 saturated heterocycles. The van der Waals surface area contributed by atoms with Gasteiger partial charge in [-0.05, 0) is 48.4 Å². The molecule has 0 spiro atoms. The number of aryl methyl sites for hydroxylation is 1. The van der Waals surface area contributed by atoms with Gasteiger partial charge in [0.25, 0.3) is 0 Å². The number of hydrogen-bond acceptors (Lipinski definition) is 4. The molecule has 3 rings (SSSR count). The van der Waals surface area contributed by atoms with E-state index in [0.717, 1.165) is 28.0 Å². The molecular formula is C27H26O4. The van der Waals surface area contributed by atoms with Crippen LogP contribution in [0.5, 0.6) is 17.2 Å². The molecule has 158 valence electrons. The third kappa shape index (κ3) is 5.64. The van der Waals surface area contributed by atoms with Crippen molar-refractivity contribution in [2.45, 2.75) is 6.92 Å². The fraction of sp³-hybridized carbons (Fsp3) is 0.148. The summed E-state index contributed by atoms with van der Waals surface area (Å²) in [6, 6.07) is 19.0. The van der Waals surface area contributed by atoms with Crippen LogP contribution in [0.1, 0.15) is 32.6 Å². The Balaban J connectivity index is 1.96. The first kappa shape index (κ1) is 21.9. The van der Waals surface area contributed by atoms with Gasteiger partial charge < -0.3 is 14.2 Å². The fourth-order valence-electron chi connectivity index (χ4n) is 3.10. The standard InChI is InChI=1S/C27H26O4/c1-19-5-10-21(11-6-19)26(28)16-15-25-22(17-24(30-3)18-27(25)31-4)12-7-20-8-13-23(29-2)14-9-20/h5-18H,1-4H3/b12-7+,16-15+. The van der Waals surface area contributed by atoms with E-state index < -0.39 is 0 Å². The average molecular weight is 415 g/mol. The molecule has 0 aliphatic rings. The van der Waals surface area contributed by atoms with E-state index in [-0.39, 0.29) is 5.78 Å². The molecule has 0 bridgehead atoms. The van der Waals surface area contributed by atoms with E-state index in [1.165, 1.54) is 0 Å². The number of ether oxygens (including phenoxy) is 3. The van der Waals surface area contributed by atoms with E-state index in [1.807, 2.05) is 73.7 Å². The second-order valence-electron chi connectivity index (χ2n) is 7.00. The van der Waals surface area contributed by atoms with Gasteiger partial charge in [-0.25, -0.2) is 0 Å². The Morgan fingerprint density at radius 2 is 1.42 bits per heavy atom. The molecule has 0 aliphatic carbocycles. The molecule has 0 heterocycles. The summed E-state index contributed by atoms with van der Waals surface area (Å²) in [6.07, 6.45) is 7.32. The highest BCUT2D eigenvalue weighted by molar-refractivity contribution is 6.07. The maximum absolute atomic E-state index is 12.6. The summed E-state index contributed by atoms with van der Waals surface area (Å²) < 4.78 is 16.2. The van der Waals surface area contributed by atoms with Crippen LogP contribution in [0.2, 0.25) is 0 Å². The van der Waals surface area contributed by atoms with Gasteiger partial charge in [-0.2, -0.15) is 0 Å². The maximum Gasteiger partial charge on any atom is 0.185 e. The largest absolute Gasteiger partial charge is 0.497 e. The smallest absolute Gasteiger partial charge is 0.185 e. The third-order valence-electron chi connectivity index (χ3n) is 4.91.